The van der Waals surface area contributed by atoms with E-state index >= 15 is 0 Å². The van der Waals surface area contributed by atoms with E-state index in [9.17, 15) is 9.90 Å². The van der Waals surface area contributed by atoms with E-state index in [1.54, 1.807) is 36.1 Å². The van der Waals surface area contributed by atoms with E-state index in [0.29, 0.717) is 11.4 Å². The maximum atomic E-state index is 13.1. The molecule has 0 aliphatic carbocycles. The SMILES string of the molecule is COc1cc(-n2ccc3cc(O)ccc3c2=O)ccc1[N+]1([C@@H]2CCNC2)CCCC1. The third-order valence-corrected chi connectivity index (χ3v) is 6.91. The van der Waals surface area contributed by atoms with Crippen molar-refractivity contribution < 1.29 is 9.84 Å². The van der Waals surface area contributed by atoms with Crippen LogP contribution < -0.4 is 20.1 Å². The summed E-state index contributed by atoms with van der Waals surface area (Å²) in [5.74, 6) is 1.01. The second-order valence-corrected chi connectivity index (χ2v) is 8.45. The summed E-state index contributed by atoms with van der Waals surface area (Å²) < 4.78 is 8.49. The minimum absolute atomic E-state index is 0.104. The van der Waals surface area contributed by atoms with Crippen molar-refractivity contribution in [2.75, 3.05) is 33.3 Å². The number of aromatic hydroxyl groups is 1. The van der Waals surface area contributed by atoms with Crippen molar-refractivity contribution in [2.24, 2.45) is 0 Å². The zero-order valence-corrected chi connectivity index (χ0v) is 17.3. The van der Waals surface area contributed by atoms with E-state index in [4.69, 9.17) is 4.74 Å². The molecule has 2 aliphatic rings. The third kappa shape index (κ3) is 2.99. The summed E-state index contributed by atoms with van der Waals surface area (Å²) in [6.45, 7) is 4.40. The number of pyridine rings is 1. The fraction of sp³-hybridized carbons (Fsp3) is 0.375. The van der Waals surface area contributed by atoms with Gasteiger partial charge in [-0.2, -0.15) is 0 Å². The molecule has 5 rings (SSSR count). The van der Waals surface area contributed by atoms with E-state index in [1.165, 1.54) is 24.9 Å². The molecule has 2 aromatic carbocycles. The molecule has 2 saturated heterocycles. The Morgan fingerprint density at radius 3 is 2.70 bits per heavy atom. The Hall–Kier alpha value is -2.83. The summed E-state index contributed by atoms with van der Waals surface area (Å²) in [5.41, 5.74) is 1.91. The Balaban J connectivity index is 1.61. The van der Waals surface area contributed by atoms with Gasteiger partial charge in [-0.05, 0) is 35.7 Å². The summed E-state index contributed by atoms with van der Waals surface area (Å²) in [5, 5.41) is 14.5. The van der Waals surface area contributed by atoms with E-state index < -0.39 is 0 Å². The van der Waals surface area contributed by atoms with Crippen molar-refractivity contribution in [3.63, 3.8) is 0 Å². The lowest BCUT2D eigenvalue weighted by Crippen LogP contribution is -2.55. The van der Waals surface area contributed by atoms with Crippen LogP contribution in [0.2, 0.25) is 0 Å². The second kappa shape index (κ2) is 7.45. The highest BCUT2D eigenvalue weighted by Crippen LogP contribution is 2.41. The first-order valence-corrected chi connectivity index (χ1v) is 10.7. The van der Waals surface area contributed by atoms with E-state index in [-0.39, 0.29) is 11.3 Å². The quantitative estimate of drug-likeness (QED) is 0.654. The molecule has 2 N–H and O–H groups in total. The van der Waals surface area contributed by atoms with Crippen LogP contribution in [0, 0.1) is 0 Å². The first-order chi connectivity index (χ1) is 14.6. The van der Waals surface area contributed by atoms with E-state index in [2.05, 4.69) is 11.4 Å². The number of benzene rings is 2. The van der Waals surface area contributed by atoms with Gasteiger partial charge in [0.2, 0.25) is 0 Å². The topological polar surface area (TPSA) is 63.5 Å². The van der Waals surface area contributed by atoms with Crippen LogP contribution in [0.1, 0.15) is 19.3 Å². The van der Waals surface area contributed by atoms with Crippen molar-refractivity contribution in [3.05, 3.63) is 59.0 Å². The lowest BCUT2D eigenvalue weighted by Gasteiger charge is -2.40. The van der Waals surface area contributed by atoms with Gasteiger partial charge in [0.25, 0.3) is 5.56 Å². The number of nitrogens with one attached hydrogen (secondary N) is 1. The molecule has 0 saturated carbocycles. The van der Waals surface area contributed by atoms with E-state index in [1.807, 2.05) is 18.2 Å². The lowest BCUT2D eigenvalue weighted by molar-refractivity contribution is 0.248. The van der Waals surface area contributed by atoms with Gasteiger partial charge >= 0.3 is 0 Å². The molecule has 30 heavy (non-hydrogen) atoms. The molecular formula is C24H28N3O3+. The van der Waals surface area contributed by atoms with Gasteiger partial charge in [0, 0.05) is 56.1 Å². The van der Waals surface area contributed by atoms with Crippen LogP contribution in [0.15, 0.2) is 53.5 Å². The summed E-state index contributed by atoms with van der Waals surface area (Å²) in [6, 6.07) is 13.4. The van der Waals surface area contributed by atoms with Gasteiger partial charge in [0.15, 0.2) is 11.4 Å². The van der Waals surface area contributed by atoms with Crippen LogP contribution >= 0.6 is 0 Å². The number of fused-ring (bicyclic) bond motifs is 1. The Morgan fingerprint density at radius 2 is 1.97 bits per heavy atom. The Bertz CT molecular complexity index is 1140. The molecule has 0 bridgehead atoms. The number of hydrogen-bond donors (Lipinski definition) is 2. The van der Waals surface area contributed by atoms with Crippen molar-refractivity contribution >= 4 is 16.5 Å². The molecule has 2 aliphatic heterocycles. The van der Waals surface area contributed by atoms with Crippen LogP contribution in [0.3, 0.4) is 0 Å². The van der Waals surface area contributed by atoms with Crippen LogP contribution in [0.4, 0.5) is 5.69 Å². The van der Waals surface area contributed by atoms with Crippen molar-refractivity contribution in [1.29, 1.82) is 0 Å². The highest BCUT2D eigenvalue weighted by atomic mass is 16.5. The summed E-state index contributed by atoms with van der Waals surface area (Å²) >= 11 is 0. The second-order valence-electron chi connectivity index (χ2n) is 8.45. The Labute approximate surface area is 175 Å². The van der Waals surface area contributed by atoms with Gasteiger partial charge in [-0.25, -0.2) is 0 Å². The molecule has 6 heteroatoms. The van der Waals surface area contributed by atoms with Gasteiger partial charge in [0.05, 0.1) is 25.9 Å². The number of likely N-dealkylation sites (tertiary alicyclic amines) is 1. The highest BCUT2D eigenvalue weighted by Gasteiger charge is 2.45. The largest absolute Gasteiger partial charge is 0.508 e. The monoisotopic (exact) mass is 406 g/mol. The zero-order valence-electron chi connectivity index (χ0n) is 17.3. The maximum absolute atomic E-state index is 13.1. The fourth-order valence-electron chi connectivity index (χ4n) is 5.39. The van der Waals surface area contributed by atoms with Crippen LogP contribution in [-0.4, -0.2) is 49.0 Å². The molecule has 0 unspecified atom stereocenters. The average Bonchev–Trinajstić information content (AvgIpc) is 3.46. The van der Waals surface area contributed by atoms with Crippen LogP contribution in [0.25, 0.3) is 16.5 Å². The number of phenolic OH excluding ortho intramolecular Hbond substituents is 1. The normalized spacial score (nSPS) is 20.6. The summed E-state index contributed by atoms with van der Waals surface area (Å²) in [4.78, 5) is 13.1. The van der Waals surface area contributed by atoms with Gasteiger partial charge in [0.1, 0.15) is 11.8 Å². The van der Waals surface area contributed by atoms with Crippen LogP contribution in [-0.2, 0) is 0 Å². The Morgan fingerprint density at radius 1 is 1.13 bits per heavy atom. The van der Waals surface area contributed by atoms with Crippen molar-refractivity contribution in [1.82, 2.24) is 14.4 Å². The lowest BCUT2D eigenvalue weighted by atomic mass is 10.1. The zero-order chi connectivity index (χ0) is 20.7. The number of hydrogen-bond acceptors (Lipinski definition) is 4. The third-order valence-electron chi connectivity index (χ3n) is 6.91. The molecule has 156 valence electrons. The fourth-order valence-corrected chi connectivity index (χ4v) is 5.39. The molecule has 1 aromatic heterocycles. The first kappa shape index (κ1) is 19.2. The Kier molecular flexibility index (Phi) is 4.76. The summed E-state index contributed by atoms with van der Waals surface area (Å²) in [6.07, 6.45) is 5.41. The molecular weight excluding hydrogens is 378 g/mol. The first-order valence-electron chi connectivity index (χ1n) is 10.7. The average molecular weight is 407 g/mol. The van der Waals surface area contributed by atoms with Gasteiger partial charge in [-0.1, -0.05) is 0 Å². The molecule has 3 heterocycles. The van der Waals surface area contributed by atoms with Crippen molar-refractivity contribution in [3.8, 4) is 17.2 Å². The number of phenols is 1. The minimum atomic E-state index is -0.104. The number of nitrogens with zero attached hydrogens (tertiary/aromatic N) is 2. The van der Waals surface area contributed by atoms with Gasteiger partial charge in [-0.15, -0.1) is 0 Å². The number of methoxy groups -OCH3 is 1. The highest BCUT2D eigenvalue weighted by molar-refractivity contribution is 5.83. The minimum Gasteiger partial charge on any atom is -0.508 e. The smallest absolute Gasteiger partial charge is 0.262 e. The number of quaternary nitrogens is 1. The molecule has 0 amide bonds. The number of ether oxygens (including phenoxy) is 1. The maximum Gasteiger partial charge on any atom is 0.262 e. The number of aromatic nitrogens is 1. The molecule has 2 fully saturated rings. The van der Waals surface area contributed by atoms with Crippen LogP contribution in [0.5, 0.6) is 11.5 Å². The van der Waals surface area contributed by atoms with Gasteiger partial charge < -0.3 is 15.2 Å². The van der Waals surface area contributed by atoms with E-state index in [0.717, 1.165) is 47.5 Å². The molecule has 1 atom stereocenters. The number of rotatable bonds is 4. The van der Waals surface area contributed by atoms with Gasteiger partial charge in [-0.3, -0.25) is 13.8 Å². The molecule has 6 nitrogen and oxygen atoms in total. The predicted molar refractivity (Wildman–Crippen MR) is 120 cm³/mol. The van der Waals surface area contributed by atoms with Crippen molar-refractivity contribution in [2.45, 2.75) is 25.3 Å². The molecule has 3 aromatic rings. The molecule has 0 radical (unpaired) electrons. The summed E-state index contributed by atoms with van der Waals surface area (Å²) in [7, 11) is 1.72. The predicted octanol–water partition coefficient (Wildman–Crippen LogP) is 3.17. The molecule has 0 spiro atoms. The standard InChI is InChI=1S/C24H27N3O3/c1-30-23-15-18(26-11-9-17-14-20(28)5-6-21(17)24(26)29)4-7-22(23)27(12-2-3-13-27)19-8-10-25-16-19/h4-7,9,11,14-15,19,25H,2-3,8,10,12-13,16H2,1H3/p+1/t19-/m1/s1.